The second-order valence-corrected chi connectivity index (χ2v) is 6.31. The van der Waals surface area contributed by atoms with Gasteiger partial charge in [-0.2, -0.15) is 0 Å². The summed E-state index contributed by atoms with van der Waals surface area (Å²) in [6.07, 6.45) is 3.74. The maximum atomic E-state index is 5.48. The smallest absolute Gasteiger partial charge is 0.163 e. The molecule has 132 valence electrons. The molecule has 4 rings (SSSR count). The molecule has 0 N–H and O–H groups in total. The molecule has 0 spiro atoms. The number of ether oxygens (including phenoxy) is 2. The predicted octanol–water partition coefficient (Wildman–Crippen LogP) is 4.83. The zero-order valence-corrected chi connectivity index (χ0v) is 15.2. The molecule has 0 unspecified atom stereocenters. The summed E-state index contributed by atoms with van der Waals surface area (Å²) in [7, 11) is 5.31. The molecular weight excluding hydrogens is 328 g/mol. The third-order valence-corrected chi connectivity index (χ3v) is 4.70. The summed E-state index contributed by atoms with van der Waals surface area (Å²) in [6, 6.07) is 12.4. The average Bonchev–Trinajstić information content (AvgIpc) is 3.28. The van der Waals surface area contributed by atoms with E-state index in [1.165, 1.54) is 10.9 Å². The van der Waals surface area contributed by atoms with Crippen LogP contribution >= 0.6 is 0 Å². The third kappa shape index (κ3) is 2.52. The summed E-state index contributed by atoms with van der Waals surface area (Å²) in [6.45, 7) is 1.99. The van der Waals surface area contributed by atoms with Crippen molar-refractivity contribution in [1.82, 2.24) is 9.72 Å². The van der Waals surface area contributed by atoms with Crippen LogP contribution in [-0.2, 0) is 7.05 Å². The lowest BCUT2D eigenvalue weighted by molar-refractivity contribution is 0.353. The van der Waals surface area contributed by atoms with Crippen molar-refractivity contribution < 1.29 is 14.0 Å². The SMILES string of the molecule is COc1cc(-c2nocc2-c2ccc3c(ccn3C)c2)cc(C)c1OC. The summed E-state index contributed by atoms with van der Waals surface area (Å²) in [5.41, 5.74) is 5.89. The van der Waals surface area contributed by atoms with Gasteiger partial charge >= 0.3 is 0 Å². The van der Waals surface area contributed by atoms with E-state index in [4.69, 9.17) is 14.0 Å². The normalized spacial score (nSPS) is 11.1. The molecule has 0 aliphatic heterocycles. The molecule has 0 atom stereocenters. The van der Waals surface area contributed by atoms with Crippen LogP contribution in [0.4, 0.5) is 0 Å². The molecule has 0 radical (unpaired) electrons. The van der Waals surface area contributed by atoms with Crippen molar-refractivity contribution in [2.75, 3.05) is 14.2 Å². The Labute approximate surface area is 151 Å². The second-order valence-electron chi connectivity index (χ2n) is 6.31. The summed E-state index contributed by atoms with van der Waals surface area (Å²) in [5.74, 6) is 1.40. The zero-order chi connectivity index (χ0) is 18.3. The lowest BCUT2D eigenvalue weighted by Gasteiger charge is -2.12. The molecule has 0 bridgehead atoms. The highest BCUT2D eigenvalue weighted by molar-refractivity contribution is 5.89. The minimum Gasteiger partial charge on any atom is -0.493 e. The van der Waals surface area contributed by atoms with E-state index in [1.807, 2.05) is 26.1 Å². The van der Waals surface area contributed by atoms with Gasteiger partial charge in [0.1, 0.15) is 12.0 Å². The van der Waals surface area contributed by atoms with Gasteiger partial charge in [0.15, 0.2) is 11.5 Å². The monoisotopic (exact) mass is 348 g/mol. The first-order valence-electron chi connectivity index (χ1n) is 8.35. The van der Waals surface area contributed by atoms with Crippen molar-refractivity contribution >= 4 is 10.9 Å². The minimum atomic E-state index is 0.676. The molecule has 0 saturated heterocycles. The number of aryl methyl sites for hydroxylation is 2. The molecule has 0 fully saturated rings. The fourth-order valence-electron chi connectivity index (χ4n) is 3.39. The Morgan fingerprint density at radius 1 is 1.00 bits per heavy atom. The Morgan fingerprint density at radius 2 is 1.85 bits per heavy atom. The Morgan fingerprint density at radius 3 is 2.62 bits per heavy atom. The molecule has 0 saturated carbocycles. The molecule has 5 nitrogen and oxygen atoms in total. The quantitative estimate of drug-likeness (QED) is 0.530. The first-order chi connectivity index (χ1) is 12.6. The number of aromatic nitrogens is 2. The van der Waals surface area contributed by atoms with Crippen molar-refractivity contribution in [3.8, 4) is 33.9 Å². The molecule has 0 aliphatic rings. The van der Waals surface area contributed by atoms with E-state index in [0.717, 1.165) is 33.7 Å². The fraction of sp³-hybridized carbons (Fsp3) is 0.190. The van der Waals surface area contributed by atoms with Crippen LogP contribution in [0.1, 0.15) is 5.56 Å². The van der Waals surface area contributed by atoms with E-state index in [2.05, 4.69) is 40.2 Å². The molecule has 0 aliphatic carbocycles. The van der Waals surface area contributed by atoms with Crippen LogP contribution in [0.3, 0.4) is 0 Å². The van der Waals surface area contributed by atoms with Crippen molar-refractivity contribution in [3.63, 3.8) is 0 Å². The number of methoxy groups -OCH3 is 2. The van der Waals surface area contributed by atoms with Crippen LogP contribution in [0.25, 0.3) is 33.3 Å². The van der Waals surface area contributed by atoms with Gasteiger partial charge in [0, 0.05) is 35.3 Å². The highest BCUT2D eigenvalue weighted by Gasteiger charge is 2.17. The lowest BCUT2D eigenvalue weighted by Crippen LogP contribution is -1.94. The van der Waals surface area contributed by atoms with E-state index < -0.39 is 0 Å². The summed E-state index contributed by atoms with van der Waals surface area (Å²) in [4.78, 5) is 0. The summed E-state index contributed by atoms with van der Waals surface area (Å²) >= 11 is 0. The number of hydrogen-bond acceptors (Lipinski definition) is 4. The van der Waals surface area contributed by atoms with Gasteiger partial charge in [0.05, 0.1) is 14.2 Å². The molecule has 2 aromatic heterocycles. The molecule has 4 aromatic rings. The molecular formula is C21H20N2O3. The molecule has 2 aromatic carbocycles. The van der Waals surface area contributed by atoms with Crippen LogP contribution in [0.5, 0.6) is 11.5 Å². The van der Waals surface area contributed by atoms with E-state index in [0.29, 0.717) is 5.75 Å². The van der Waals surface area contributed by atoms with Crippen LogP contribution in [0.2, 0.25) is 0 Å². The van der Waals surface area contributed by atoms with E-state index in [9.17, 15) is 0 Å². The van der Waals surface area contributed by atoms with E-state index >= 15 is 0 Å². The van der Waals surface area contributed by atoms with Gasteiger partial charge in [0.2, 0.25) is 0 Å². The average molecular weight is 348 g/mol. The highest BCUT2D eigenvalue weighted by atomic mass is 16.5. The third-order valence-electron chi connectivity index (χ3n) is 4.70. The van der Waals surface area contributed by atoms with Crippen LogP contribution < -0.4 is 9.47 Å². The molecule has 5 heteroatoms. The number of fused-ring (bicyclic) bond motifs is 1. The maximum Gasteiger partial charge on any atom is 0.163 e. The van der Waals surface area contributed by atoms with Gasteiger partial charge in [-0.1, -0.05) is 11.2 Å². The van der Waals surface area contributed by atoms with Gasteiger partial charge in [-0.25, -0.2) is 0 Å². The largest absolute Gasteiger partial charge is 0.493 e. The standard InChI is InChI=1S/C21H20N2O3/c1-13-9-16(11-19(24-3)21(13)25-4)20-17(12-26-22-20)14-5-6-18-15(10-14)7-8-23(18)2/h5-12H,1-4H3. The summed E-state index contributed by atoms with van der Waals surface area (Å²) < 4.78 is 18.3. The van der Waals surface area contributed by atoms with Crippen molar-refractivity contribution in [2.45, 2.75) is 6.92 Å². The fourth-order valence-corrected chi connectivity index (χ4v) is 3.39. The van der Waals surface area contributed by atoms with Gasteiger partial charge < -0.3 is 18.6 Å². The Hall–Kier alpha value is -3.21. The number of rotatable bonds is 4. The van der Waals surface area contributed by atoms with Crippen LogP contribution in [0, 0.1) is 6.92 Å². The first kappa shape index (κ1) is 16.3. The first-order valence-corrected chi connectivity index (χ1v) is 8.35. The van der Waals surface area contributed by atoms with Crippen LogP contribution in [-0.4, -0.2) is 23.9 Å². The topological polar surface area (TPSA) is 49.4 Å². The number of hydrogen-bond donors (Lipinski definition) is 0. The Bertz CT molecular complexity index is 1090. The molecule has 2 heterocycles. The van der Waals surface area contributed by atoms with Gasteiger partial charge in [-0.15, -0.1) is 0 Å². The zero-order valence-electron chi connectivity index (χ0n) is 15.2. The van der Waals surface area contributed by atoms with Crippen molar-refractivity contribution in [1.29, 1.82) is 0 Å². The maximum absolute atomic E-state index is 5.48. The van der Waals surface area contributed by atoms with E-state index in [-0.39, 0.29) is 0 Å². The van der Waals surface area contributed by atoms with Crippen molar-refractivity contribution in [2.24, 2.45) is 7.05 Å². The lowest BCUT2D eigenvalue weighted by atomic mass is 9.99. The Balaban J connectivity index is 1.85. The molecule has 26 heavy (non-hydrogen) atoms. The van der Waals surface area contributed by atoms with Gasteiger partial charge in [-0.05, 0) is 48.4 Å². The van der Waals surface area contributed by atoms with Crippen LogP contribution in [0.15, 0.2) is 53.4 Å². The molecule has 0 amide bonds. The Kier molecular flexibility index (Phi) is 3.92. The van der Waals surface area contributed by atoms with Crippen molar-refractivity contribution in [3.05, 3.63) is 54.4 Å². The van der Waals surface area contributed by atoms with Gasteiger partial charge in [0.25, 0.3) is 0 Å². The predicted molar refractivity (Wildman–Crippen MR) is 102 cm³/mol. The summed E-state index contributed by atoms with van der Waals surface area (Å²) in [5, 5.41) is 5.42. The number of benzene rings is 2. The highest BCUT2D eigenvalue weighted by Crippen LogP contribution is 2.39. The van der Waals surface area contributed by atoms with Gasteiger partial charge in [-0.3, -0.25) is 0 Å². The second kappa shape index (κ2) is 6.26. The van der Waals surface area contributed by atoms with E-state index in [1.54, 1.807) is 20.5 Å². The minimum absolute atomic E-state index is 0.676. The number of nitrogens with zero attached hydrogens (tertiary/aromatic N) is 2.